The first-order valence-electron chi connectivity index (χ1n) is 9.13. The minimum absolute atomic E-state index is 0.138. The largest absolute Gasteiger partial charge is 0.462 e. The Labute approximate surface area is 164 Å². The van der Waals surface area contributed by atoms with Gasteiger partial charge in [0, 0.05) is 12.1 Å². The molecule has 7 nitrogen and oxygen atoms in total. The first-order valence-corrected chi connectivity index (χ1v) is 9.13. The second-order valence-corrected chi connectivity index (χ2v) is 7.01. The second-order valence-electron chi connectivity index (χ2n) is 7.01. The Morgan fingerprint density at radius 1 is 1.28 bits per heavy atom. The summed E-state index contributed by atoms with van der Waals surface area (Å²) in [5.74, 6) is -1.80. The number of carbonyl (C=O) groups is 3. The third-order valence-electron chi connectivity index (χ3n) is 5.17. The molecule has 2 fully saturated rings. The number of hydrogen-bond acceptors (Lipinski definition) is 5. The maximum Gasteiger partial charge on any atom is 0.415 e. The van der Waals surface area contributed by atoms with Crippen LogP contribution in [0.4, 0.5) is 19.3 Å². The summed E-state index contributed by atoms with van der Waals surface area (Å²) >= 11 is 0. The first-order chi connectivity index (χ1) is 13.8. The summed E-state index contributed by atoms with van der Waals surface area (Å²) in [6.07, 6.45) is -3.45. The van der Waals surface area contributed by atoms with Crippen LogP contribution in [0.25, 0.3) is 11.1 Å². The van der Waals surface area contributed by atoms with Gasteiger partial charge in [0.25, 0.3) is 5.91 Å². The number of esters is 1. The molecular weight excluding hydrogens is 386 g/mol. The second kappa shape index (κ2) is 6.98. The van der Waals surface area contributed by atoms with Crippen molar-refractivity contribution in [1.29, 1.82) is 0 Å². The normalized spacial score (nSPS) is 22.8. The molecule has 4 aliphatic rings. The van der Waals surface area contributed by atoms with E-state index in [-0.39, 0.29) is 19.6 Å². The van der Waals surface area contributed by atoms with E-state index in [2.05, 4.69) is 5.32 Å². The molecule has 152 valence electrons. The Morgan fingerprint density at radius 2 is 2.00 bits per heavy atom. The highest BCUT2D eigenvalue weighted by Crippen LogP contribution is 2.46. The quantitative estimate of drug-likeness (QED) is 0.775. The van der Waals surface area contributed by atoms with Crippen molar-refractivity contribution in [1.82, 2.24) is 5.32 Å². The molecule has 0 aromatic heterocycles. The molecule has 2 atom stereocenters. The van der Waals surface area contributed by atoms with Crippen LogP contribution in [-0.4, -0.2) is 49.2 Å². The Hall–Kier alpha value is -3.23. The zero-order chi connectivity index (χ0) is 20.8. The number of halogens is 2. The monoisotopic (exact) mass is 404 g/mol. The Balaban J connectivity index is 1.54. The molecule has 0 aromatic rings. The fourth-order valence-electron chi connectivity index (χ4n) is 3.59. The van der Waals surface area contributed by atoms with E-state index < -0.39 is 36.0 Å². The van der Waals surface area contributed by atoms with Crippen molar-refractivity contribution in [2.45, 2.75) is 31.4 Å². The van der Waals surface area contributed by atoms with Crippen LogP contribution in [0, 0.1) is 0 Å². The number of nitrogens with zero attached hydrogens (tertiary/aromatic N) is 1. The van der Waals surface area contributed by atoms with Crippen molar-refractivity contribution in [2.75, 3.05) is 18.1 Å². The lowest BCUT2D eigenvalue weighted by atomic mass is 10.1. The zero-order valence-corrected chi connectivity index (χ0v) is 15.5. The standard InChI is InChI=1S/C20H18F2N2O5/c1-2-28-18(26)14-7-4-11-3-5-12(6-8-13(11)14)24-10-20(29-19(24)27)9-15(20)23-17(25)16(21)22/h3-8,15-16H,2,9-10H2,1H3,(H,23,25)/t15-,20?/m0/s1. The van der Waals surface area contributed by atoms with Gasteiger partial charge in [0.05, 0.1) is 24.8 Å². The van der Waals surface area contributed by atoms with Gasteiger partial charge in [0.1, 0.15) is 0 Å². The van der Waals surface area contributed by atoms with E-state index in [0.29, 0.717) is 16.8 Å². The van der Waals surface area contributed by atoms with Crippen molar-refractivity contribution in [3.8, 4) is 11.1 Å². The lowest BCUT2D eigenvalue weighted by Crippen LogP contribution is -2.37. The van der Waals surface area contributed by atoms with E-state index in [4.69, 9.17) is 9.47 Å². The highest BCUT2D eigenvalue weighted by Gasteiger charge is 2.64. The van der Waals surface area contributed by atoms with Crippen LogP contribution in [-0.2, 0) is 14.3 Å². The van der Waals surface area contributed by atoms with E-state index in [1.165, 1.54) is 4.90 Å². The number of nitrogens with one attached hydrogen (secondary N) is 1. The summed E-state index contributed by atoms with van der Waals surface area (Å²) in [5, 5.41) is 2.19. The summed E-state index contributed by atoms with van der Waals surface area (Å²) < 4.78 is 35.3. The molecule has 0 radical (unpaired) electrons. The summed E-state index contributed by atoms with van der Waals surface area (Å²) in [7, 11) is 0. The predicted molar refractivity (Wildman–Crippen MR) is 98.1 cm³/mol. The van der Waals surface area contributed by atoms with Gasteiger partial charge >= 0.3 is 18.5 Å². The first kappa shape index (κ1) is 19.1. The van der Waals surface area contributed by atoms with Gasteiger partial charge in [-0.25, -0.2) is 9.59 Å². The molecule has 3 aliphatic carbocycles. The van der Waals surface area contributed by atoms with Crippen LogP contribution in [0.1, 0.15) is 23.7 Å². The van der Waals surface area contributed by atoms with Crippen molar-refractivity contribution < 1.29 is 32.6 Å². The van der Waals surface area contributed by atoms with Gasteiger partial charge < -0.3 is 14.8 Å². The van der Waals surface area contributed by atoms with Crippen LogP contribution < -0.4 is 10.2 Å². The van der Waals surface area contributed by atoms with Crippen molar-refractivity contribution in [2.24, 2.45) is 0 Å². The van der Waals surface area contributed by atoms with Gasteiger partial charge in [-0.15, -0.1) is 0 Å². The van der Waals surface area contributed by atoms with E-state index in [9.17, 15) is 23.2 Å². The number of hydrogen-bond donors (Lipinski definition) is 1. The van der Waals surface area contributed by atoms with Crippen molar-refractivity contribution in [3.63, 3.8) is 0 Å². The molecule has 29 heavy (non-hydrogen) atoms. The summed E-state index contributed by atoms with van der Waals surface area (Å²) in [6.45, 7) is 2.13. The lowest BCUT2D eigenvalue weighted by Gasteiger charge is -2.11. The minimum atomic E-state index is -3.12. The molecule has 1 N–H and O–H groups in total. The summed E-state index contributed by atoms with van der Waals surface area (Å²) in [5.41, 5.74) is 1.46. The van der Waals surface area contributed by atoms with Gasteiger partial charge in [-0.2, -0.15) is 8.78 Å². The number of carbonyl (C=O) groups excluding carboxylic acids is 3. The molecular formula is C20H18F2N2O5. The maximum absolute atomic E-state index is 12.4. The van der Waals surface area contributed by atoms with Crippen LogP contribution in [0.15, 0.2) is 36.4 Å². The smallest absolute Gasteiger partial charge is 0.415 e. The van der Waals surface area contributed by atoms with E-state index in [1.54, 1.807) is 43.3 Å². The maximum atomic E-state index is 12.4. The Bertz CT molecular complexity index is 966. The van der Waals surface area contributed by atoms with Gasteiger partial charge in [0.2, 0.25) is 0 Å². The molecule has 9 heteroatoms. The van der Waals surface area contributed by atoms with Crippen LogP contribution in [0.3, 0.4) is 0 Å². The molecule has 1 saturated carbocycles. The fraction of sp³-hybridized carbons (Fsp3) is 0.350. The van der Waals surface area contributed by atoms with Crippen LogP contribution >= 0.6 is 0 Å². The van der Waals surface area contributed by atoms with Gasteiger partial charge in [0.15, 0.2) is 5.60 Å². The SMILES string of the molecule is CCOC(=O)c1ccc2ccc(N3CC4(C[C@@H]4NC(=O)C(F)F)OC3=O)ccc1-2. The molecule has 1 saturated heterocycles. The summed E-state index contributed by atoms with van der Waals surface area (Å²) in [6, 6.07) is 9.72. The van der Waals surface area contributed by atoms with E-state index in [1.807, 2.05) is 0 Å². The van der Waals surface area contributed by atoms with Gasteiger partial charge in [-0.05, 0) is 36.2 Å². The Morgan fingerprint density at radius 3 is 2.72 bits per heavy atom. The van der Waals surface area contributed by atoms with Crippen LogP contribution in [0.2, 0.25) is 0 Å². The fourth-order valence-corrected chi connectivity index (χ4v) is 3.59. The summed E-state index contributed by atoms with van der Waals surface area (Å²) in [4.78, 5) is 37.0. The Kier molecular flexibility index (Phi) is 4.60. The number of alkyl halides is 2. The molecule has 0 aromatic carbocycles. The predicted octanol–water partition coefficient (Wildman–Crippen LogP) is 2.82. The average molecular weight is 404 g/mol. The lowest BCUT2D eigenvalue weighted by molar-refractivity contribution is -0.132. The number of fused-ring (bicyclic) bond motifs is 1. The van der Waals surface area contributed by atoms with E-state index in [0.717, 1.165) is 5.56 Å². The molecule has 2 amide bonds. The number of anilines is 1. The zero-order valence-electron chi connectivity index (χ0n) is 15.5. The molecule has 1 aliphatic heterocycles. The van der Waals surface area contributed by atoms with Gasteiger partial charge in [-0.1, -0.05) is 18.2 Å². The molecule has 1 spiro atoms. The third-order valence-corrected chi connectivity index (χ3v) is 5.17. The van der Waals surface area contributed by atoms with E-state index >= 15 is 0 Å². The molecule has 1 unspecified atom stereocenters. The number of ether oxygens (including phenoxy) is 2. The molecule has 0 bridgehead atoms. The van der Waals surface area contributed by atoms with Crippen molar-refractivity contribution in [3.05, 3.63) is 42.0 Å². The molecule has 4 rings (SSSR count). The third kappa shape index (κ3) is 3.37. The topological polar surface area (TPSA) is 84.9 Å². The molecule has 1 heterocycles. The highest BCUT2D eigenvalue weighted by molar-refractivity contribution is 5.99. The number of amides is 2. The number of rotatable bonds is 5. The minimum Gasteiger partial charge on any atom is -0.462 e. The van der Waals surface area contributed by atoms with Gasteiger partial charge in [-0.3, -0.25) is 9.69 Å². The van der Waals surface area contributed by atoms with Crippen molar-refractivity contribution >= 4 is 23.7 Å². The average Bonchev–Trinajstić information content (AvgIpc) is 3.07. The van der Waals surface area contributed by atoms with Crippen LogP contribution in [0.5, 0.6) is 0 Å². The highest BCUT2D eigenvalue weighted by atomic mass is 19.3.